The van der Waals surface area contributed by atoms with Crippen LogP contribution in [0, 0.1) is 5.92 Å². The summed E-state index contributed by atoms with van der Waals surface area (Å²) < 4.78 is 3.58. The largest absolute Gasteiger partial charge is 0.393 e. The first-order chi connectivity index (χ1) is 12.1. The number of rotatable bonds is 5. The number of pyridine rings is 1. The van der Waals surface area contributed by atoms with Crippen molar-refractivity contribution in [3.8, 4) is 0 Å². The molecule has 0 aromatic carbocycles. The minimum absolute atomic E-state index is 0.0199. The van der Waals surface area contributed by atoms with Crippen LogP contribution in [0.15, 0.2) is 43.1 Å². The van der Waals surface area contributed by atoms with Gasteiger partial charge in [0.1, 0.15) is 11.2 Å². The van der Waals surface area contributed by atoms with Crippen LogP contribution in [-0.4, -0.2) is 42.3 Å². The van der Waals surface area contributed by atoms with E-state index in [-0.39, 0.29) is 24.0 Å². The molecule has 1 atom stereocenters. The number of aromatic nitrogens is 4. The first kappa shape index (κ1) is 15.8. The van der Waals surface area contributed by atoms with Crippen LogP contribution in [0.5, 0.6) is 0 Å². The second-order valence-corrected chi connectivity index (χ2v) is 6.76. The molecule has 2 N–H and O–H groups in total. The molecule has 0 aliphatic heterocycles. The van der Waals surface area contributed by atoms with Gasteiger partial charge >= 0.3 is 0 Å². The van der Waals surface area contributed by atoms with Crippen molar-refractivity contribution in [2.24, 2.45) is 13.0 Å². The van der Waals surface area contributed by atoms with E-state index in [1.807, 2.05) is 36.1 Å². The van der Waals surface area contributed by atoms with E-state index < -0.39 is 0 Å². The fraction of sp³-hybridized carbons (Fsp3) is 0.389. The summed E-state index contributed by atoms with van der Waals surface area (Å²) in [6, 6.07) is 3.90. The Morgan fingerprint density at radius 1 is 1.36 bits per heavy atom. The number of hydrogen-bond donors (Lipinski definition) is 2. The van der Waals surface area contributed by atoms with Gasteiger partial charge in [-0.3, -0.25) is 9.78 Å². The van der Waals surface area contributed by atoms with Crippen molar-refractivity contribution < 1.29 is 9.90 Å². The first-order valence-corrected chi connectivity index (χ1v) is 8.48. The van der Waals surface area contributed by atoms with Crippen LogP contribution < -0.4 is 5.32 Å². The highest BCUT2D eigenvalue weighted by atomic mass is 16.3. The van der Waals surface area contributed by atoms with Crippen molar-refractivity contribution >= 4 is 11.6 Å². The van der Waals surface area contributed by atoms with Crippen LogP contribution >= 0.6 is 0 Å². The monoisotopic (exact) mass is 339 g/mol. The van der Waals surface area contributed by atoms with E-state index in [1.54, 1.807) is 23.1 Å². The summed E-state index contributed by atoms with van der Waals surface area (Å²) in [5, 5.41) is 17.1. The van der Waals surface area contributed by atoms with E-state index in [9.17, 15) is 9.90 Å². The molecule has 3 aromatic heterocycles. The lowest BCUT2D eigenvalue weighted by molar-refractivity contribution is 0.0239. The Bertz CT molecular complexity index is 879. The van der Waals surface area contributed by atoms with Gasteiger partial charge in [-0.15, -0.1) is 0 Å². The van der Waals surface area contributed by atoms with Gasteiger partial charge in [-0.05, 0) is 42.9 Å². The highest BCUT2D eigenvalue weighted by molar-refractivity contribution is 6.00. The molecule has 1 saturated carbocycles. The molecule has 0 spiro atoms. The highest BCUT2D eigenvalue weighted by Crippen LogP contribution is 2.32. The Balaban J connectivity index is 1.55. The molecule has 7 nitrogen and oxygen atoms in total. The molecule has 25 heavy (non-hydrogen) atoms. The predicted octanol–water partition coefficient (Wildman–Crippen LogP) is 1.18. The van der Waals surface area contributed by atoms with Gasteiger partial charge in [0, 0.05) is 37.9 Å². The van der Waals surface area contributed by atoms with Gasteiger partial charge in [0.05, 0.1) is 12.3 Å². The zero-order valence-electron chi connectivity index (χ0n) is 14.0. The maximum Gasteiger partial charge on any atom is 0.256 e. The van der Waals surface area contributed by atoms with E-state index in [1.165, 1.54) is 0 Å². The van der Waals surface area contributed by atoms with Gasteiger partial charge in [0.15, 0.2) is 0 Å². The van der Waals surface area contributed by atoms with Crippen LogP contribution in [0.25, 0.3) is 5.65 Å². The van der Waals surface area contributed by atoms with E-state index in [2.05, 4.69) is 15.4 Å². The topological polar surface area (TPSA) is 84.5 Å². The van der Waals surface area contributed by atoms with Gasteiger partial charge < -0.3 is 15.0 Å². The lowest BCUT2D eigenvalue weighted by Gasteiger charge is -2.38. The van der Waals surface area contributed by atoms with Crippen LogP contribution in [0.4, 0.5) is 0 Å². The van der Waals surface area contributed by atoms with E-state index in [4.69, 9.17) is 0 Å². The Morgan fingerprint density at radius 3 is 2.84 bits per heavy atom. The smallest absolute Gasteiger partial charge is 0.256 e. The lowest BCUT2D eigenvalue weighted by Crippen LogP contribution is -2.48. The lowest BCUT2D eigenvalue weighted by atomic mass is 9.75. The first-order valence-electron chi connectivity index (χ1n) is 8.48. The zero-order chi connectivity index (χ0) is 17.4. The summed E-state index contributed by atoms with van der Waals surface area (Å²) in [5.41, 5.74) is 2.46. The van der Waals surface area contributed by atoms with E-state index in [0.29, 0.717) is 5.56 Å². The maximum atomic E-state index is 12.8. The molecule has 130 valence electrons. The fourth-order valence-electron chi connectivity index (χ4n) is 3.52. The van der Waals surface area contributed by atoms with Gasteiger partial charge in [0.25, 0.3) is 5.91 Å². The number of aliphatic hydroxyl groups is 1. The molecule has 1 aliphatic carbocycles. The Hall–Kier alpha value is -2.67. The number of carbonyl (C=O) groups excluding carboxylic acids is 1. The molecular formula is C18H21N5O2. The number of hydrogen-bond acceptors (Lipinski definition) is 4. The number of imidazole rings is 1. The minimum Gasteiger partial charge on any atom is -0.393 e. The average molecular weight is 339 g/mol. The average Bonchev–Trinajstić information content (AvgIpc) is 3.16. The number of fused-ring (bicyclic) bond motifs is 1. The van der Waals surface area contributed by atoms with Gasteiger partial charge in [-0.1, -0.05) is 0 Å². The van der Waals surface area contributed by atoms with Crippen molar-refractivity contribution in [2.75, 3.05) is 0 Å². The molecule has 1 fully saturated rings. The van der Waals surface area contributed by atoms with Gasteiger partial charge in [0.2, 0.25) is 0 Å². The van der Waals surface area contributed by atoms with Crippen molar-refractivity contribution in [1.29, 1.82) is 0 Å². The fourth-order valence-corrected chi connectivity index (χ4v) is 3.52. The molecule has 1 aliphatic rings. The summed E-state index contributed by atoms with van der Waals surface area (Å²) in [4.78, 5) is 16.9. The van der Waals surface area contributed by atoms with E-state index in [0.717, 1.165) is 30.5 Å². The van der Waals surface area contributed by atoms with Crippen molar-refractivity contribution in [3.05, 3.63) is 54.2 Å². The molecule has 7 heteroatoms. The molecule has 3 heterocycles. The molecule has 0 unspecified atom stereocenters. The van der Waals surface area contributed by atoms with Crippen LogP contribution in [0.3, 0.4) is 0 Å². The van der Waals surface area contributed by atoms with E-state index >= 15 is 0 Å². The number of amides is 1. The molecule has 0 radical (unpaired) electrons. The molecule has 0 saturated heterocycles. The second kappa shape index (κ2) is 6.33. The second-order valence-electron chi connectivity index (χ2n) is 6.76. The summed E-state index contributed by atoms with van der Waals surface area (Å²) in [5.74, 6) is 0.156. The van der Waals surface area contributed by atoms with Crippen LogP contribution in [0.1, 0.15) is 28.8 Å². The molecule has 1 amide bonds. The van der Waals surface area contributed by atoms with Gasteiger partial charge in [-0.25, -0.2) is 4.52 Å². The zero-order valence-corrected chi connectivity index (χ0v) is 14.0. The molecule has 4 rings (SSSR count). The number of aryl methyl sites for hydroxylation is 1. The van der Waals surface area contributed by atoms with Crippen molar-refractivity contribution in [1.82, 2.24) is 24.5 Å². The SMILES string of the molecule is Cn1ccn2ncc(C(=O)N[C@@H](Cc3ccncc3)C3CC(O)C3)c12. The predicted molar refractivity (Wildman–Crippen MR) is 92.1 cm³/mol. The summed E-state index contributed by atoms with van der Waals surface area (Å²) >= 11 is 0. The van der Waals surface area contributed by atoms with Crippen LogP contribution in [-0.2, 0) is 13.5 Å². The quantitative estimate of drug-likeness (QED) is 0.731. The molecular weight excluding hydrogens is 318 g/mol. The Kier molecular flexibility index (Phi) is 4.01. The number of carbonyl (C=O) groups is 1. The maximum absolute atomic E-state index is 12.8. The number of nitrogens with one attached hydrogen (secondary N) is 1. The highest BCUT2D eigenvalue weighted by Gasteiger charge is 2.35. The Morgan fingerprint density at radius 2 is 2.12 bits per heavy atom. The molecule has 0 bridgehead atoms. The summed E-state index contributed by atoms with van der Waals surface area (Å²) in [6.45, 7) is 0. The number of nitrogens with zero attached hydrogens (tertiary/aromatic N) is 4. The molecule has 3 aromatic rings. The Labute approximate surface area is 145 Å². The van der Waals surface area contributed by atoms with Crippen LogP contribution in [0.2, 0.25) is 0 Å². The third kappa shape index (κ3) is 3.02. The third-order valence-corrected chi connectivity index (χ3v) is 5.02. The normalized spacial score (nSPS) is 21.0. The summed E-state index contributed by atoms with van der Waals surface area (Å²) in [7, 11) is 1.89. The summed E-state index contributed by atoms with van der Waals surface area (Å²) in [6.07, 6.45) is 10.7. The van der Waals surface area contributed by atoms with Crippen molar-refractivity contribution in [3.63, 3.8) is 0 Å². The third-order valence-electron chi connectivity index (χ3n) is 5.02. The standard InChI is InChI=1S/C18H21N5O2/c1-22-6-7-23-18(22)15(11-20-23)17(25)21-16(13-9-14(24)10-13)8-12-2-4-19-5-3-12/h2-7,11,13-14,16,24H,8-10H2,1H3,(H,21,25)/t13?,14?,16-/m0/s1. The van der Waals surface area contributed by atoms with Gasteiger partial charge in [-0.2, -0.15) is 5.10 Å². The number of aliphatic hydroxyl groups excluding tert-OH is 1. The minimum atomic E-state index is -0.252. The van der Waals surface area contributed by atoms with Crippen molar-refractivity contribution in [2.45, 2.75) is 31.4 Å².